The first-order valence-corrected chi connectivity index (χ1v) is 6.34. The number of rotatable bonds is 2. The molecule has 3 nitrogen and oxygen atoms in total. The first kappa shape index (κ1) is 13.0. The highest BCUT2D eigenvalue weighted by molar-refractivity contribution is 5.94. The van der Waals surface area contributed by atoms with Crippen molar-refractivity contribution in [1.29, 1.82) is 0 Å². The molecule has 0 radical (unpaired) electrons. The molecule has 2 atom stereocenters. The Kier molecular flexibility index (Phi) is 3.97. The lowest BCUT2D eigenvalue weighted by Crippen LogP contribution is -2.48. The fraction of sp³-hybridized carbons (Fsp3) is 0.500. The summed E-state index contributed by atoms with van der Waals surface area (Å²) in [5.41, 5.74) is 1.02. The zero-order chi connectivity index (χ0) is 13.1. The van der Waals surface area contributed by atoms with Crippen LogP contribution < -0.4 is 10.6 Å². The van der Waals surface area contributed by atoms with E-state index < -0.39 is 5.82 Å². The largest absolute Gasteiger partial charge is 0.348 e. The molecule has 0 aromatic heterocycles. The van der Waals surface area contributed by atoms with E-state index in [2.05, 4.69) is 17.6 Å². The van der Waals surface area contributed by atoms with Gasteiger partial charge in [-0.1, -0.05) is 18.6 Å². The Balaban J connectivity index is 2.05. The predicted octanol–water partition coefficient (Wildman–Crippen LogP) is 1.86. The Hall–Kier alpha value is -1.42. The first-order chi connectivity index (χ1) is 8.56. The van der Waals surface area contributed by atoms with Gasteiger partial charge in [0.15, 0.2) is 0 Å². The molecule has 1 fully saturated rings. The van der Waals surface area contributed by atoms with Crippen LogP contribution in [0.4, 0.5) is 4.39 Å². The molecule has 1 saturated heterocycles. The Morgan fingerprint density at radius 2 is 2.22 bits per heavy atom. The van der Waals surface area contributed by atoms with Crippen LogP contribution >= 0.6 is 0 Å². The molecule has 18 heavy (non-hydrogen) atoms. The quantitative estimate of drug-likeness (QED) is 0.841. The van der Waals surface area contributed by atoms with E-state index in [0.717, 1.165) is 25.1 Å². The van der Waals surface area contributed by atoms with Gasteiger partial charge in [-0.05, 0) is 37.9 Å². The lowest BCUT2D eigenvalue weighted by Gasteiger charge is -2.28. The fourth-order valence-electron chi connectivity index (χ4n) is 2.34. The lowest BCUT2D eigenvalue weighted by atomic mass is 9.97. The summed E-state index contributed by atoms with van der Waals surface area (Å²) in [6.45, 7) is 5.72. The molecular weight excluding hydrogens is 231 g/mol. The number of piperidine rings is 1. The fourth-order valence-corrected chi connectivity index (χ4v) is 2.34. The maximum absolute atomic E-state index is 13.6. The first-order valence-electron chi connectivity index (χ1n) is 6.34. The molecule has 2 N–H and O–H groups in total. The van der Waals surface area contributed by atoms with Crippen LogP contribution in [0.2, 0.25) is 0 Å². The Labute approximate surface area is 107 Å². The number of carbonyl (C=O) groups is 1. The predicted molar refractivity (Wildman–Crippen MR) is 69.0 cm³/mol. The molecule has 1 aliphatic heterocycles. The number of halogens is 1. The van der Waals surface area contributed by atoms with Crippen LogP contribution in [0.1, 0.15) is 29.3 Å². The average molecular weight is 250 g/mol. The Morgan fingerprint density at radius 1 is 1.44 bits per heavy atom. The second kappa shape index (κ2) is 5.48. The molecule has 1 aromatic rings. The van der Waals surface area contributed by atoms with Crippen molar-refractivity contribution >= 4 is 5.91 Å². The highest BCUT2D eigenvalue weighted by Crippen LogP contribution is 2.13. The van der Waals surface area contributed by atoms with Gasteiger partial charge in [0.2, 0.25) is 0 Å². The lowest BCUT2D eigenvalue weighted by molar-refractivity contribution is 0.0921. The third-order valence-corrected chi connectivity index (χ3v) is 3.27. The number of benzene rings is 1. The van der Waals surface area contributed by atoms with Gasteiger partial charge in [0.25, 0.3) is 5.91 Å². The van der Waals surface area contributed by atoms with Gasteiger partial charge in [-0.3, -0.25) is 4.79 Å². The summed E-state index contributed by atoms with van der Waals surface area (Å²) in [6, 6.07) is 4.67. The molecule has 1 heterocycles. The summed E-state index contributed by atoms with van der Waals surface area (Å²) in [4.78, 5) is 12.0. The third-order valence-electron chi connectivity index (χ3n) is 3.27. The van der Waals surface area contributed by atoms with Crippen LogP contribution in [0.15, 0.2) is 18.2 Å². The van der Waals surface area contributed by atoms with Gasteiger partial charge in [-0.15, -0.1) is 0 Å². The van der Waals surface area contributed by atoms with Crippen LogP contribution in [-0.4, -0.2) is 25.0 Å². The van der Waals surface area contributed by atoms with Crippen molar-refractivity contribution in [3.05, 3.63) is 35.1 Å². The Bertz CT molecular complexity index is 447. The zero-order valence-electron chi connectivity index (χ0n) is 10.8. The maximum Gasteiger partial charge on any atom is 0.254 e. The average Bonchev–Trinajstić information content (AvgIpc) is 2.32. The van der Waals surface area contributed by atoms with Crippen LogP contribution in [-0.2, 0) is 0 Å². The van der Waals surface area contributed by atoms with Gasteiger partial charge in [0, 0.05) is 12.6 Å². The number of aryl methyl sites for hydroxylation is 1. The van der Waals surface area contributed by atoms with E-state index in [9.17, 15) is 9.18 Å². The molecule has 1 amide bonds. The van der Waals surface area contributed by atoms with Crippen molar-refractivity contribution in [2.24, 2.45) is 5.92 Å². The molecule has 0 saturated carbocycles. The normalized spacial score (nSPS) is 23.7. The minimum absolute atomic E-state index is 0.0844. The van der Waals surface area contributed by atoms with Crippen molar-refractivity contribution in [1.82, 2.24) is 10.6 Å². The van der Waals surface area contributed by atoms with E-state index in [1.54, 1.807) is 12.1 Å². The van der Waals surface area contributed by atoms with Crippen molar-refractivity contribution in [3.63, 3.8) is 0 Å². The van der Waals surface area contributed by atoms with E-state index in [1.165, 1.54) is 6.07 Å². The number of nitrogens with one attached hydrogen (secondary N) is 2. The number of hydrogen-bond acceptors (Lipinski definition) is 2. The molecule has 2 rings (SSSR count). The summed E-state index contributed by atoms with van der Waals surface area (Å²) in [6.07, 6.45) is 0.937. The molecule has 0 spiro atoms. The van der Waals surface area contributed by atoms with E-state index in [0.29, 0.717) is 5.92 Å². The van der Waals surface area contributed by atoms with Gasteiger partial charge in [-0.25, -0.2) is 4.39 Å². The molecular formula is C14H19FN2O. The summed E-state index contributed by atoms with van der Waals surface area (Å²) in [5, 5.41) is 6.15. The van der Waals surface area contributed by atoms with E-state index in [-0.39, 0.29) is 17.5 Å². The summed E-state index contributed by atoms with van der Waals surface area (Å²) < 4.78 is 13.6. The number of carbonyl (C=O) groups excluding carboxylic acids is 1. The van der Waals surface area contributed by atoms with E-state index >= 15 is 0 Å². The smallest absolute Gasteiger partial charge is 0.254 e. The molecule has 0 aliphatic carbocycles. The maximum atomic E-state index is 13.6. The zero-order valence-corrected chi connectivity index (χ0v) is 10.8. The monoisotopic (exact) mass is 250 g/mol. The molecule has 1 aromatic carbocycles. The van der Waals surface area contributed by atoms with Crippen LogP contribution in [0.3, 0.4) is 0 Å². The minimum Gasteiger partial charge on any atom is -0.348 e. The molecule has 98 valence electrons. The molecule has 2 unspecified atom stereocenters. The van der Waals surface area contributed by atoms with Crippen molar-refractivity contribution in [2.45, 2.75) is 26.3 Å². The second-order valence-corrected chi connectivity index (χ2v) is 5.15. The highest BCUT2D eigenvalue weighted by Gasteiger charge is 2.21. The summed E-state index contributed by atoms with van der Waals surface area (Å²) in [7, 11) is 0. The molecule has 1 aliphatic rings. The van der Waals surface area contributed by atoms with Crippen molar-refractivity contribution in [2.75, 3.05) is 13.1 Å². The van der Waals surface area contributed by atoms with Gasteiger partial charge >= 0.3 is 0 Å². The second-order valence-electron chi connectivity index (χ2n) is 5.15. The van der Waals surface area contributed by atoms with Crippen LogP contribution in [0.25, 0.3) is 0 Å². The van der Waals surface area contributed by atoms with E-state index in [4.69, 9.17) is 0 Å². The highest BCUT2D eigenvalue weighted by atomic mass is 19.1. The van der Waals surface area contributed by atoms with Gasteiger partial charge in [0.05, 0.1) is 5.56 Å². The van der Waals surface area contributed by atoms with Gasteiger partial charge < -0.3 is 10.6 Å². The topological polar surface area (TPSA) is 41.1 Å². The molecule has 4 heteroatoms. The van der Waals surface area contributed by atoms with Crippen molar-refractivity contribution < 1.29 is 9.18 Å². The van der Waals surface area contributed by atoms with Crippen LogP contribution in [0.5, 0.6) is 0 Å². The minimum atomic E-state index is -0.463. The van der Waals surface area contributed by atoms with Gasteiger partial charge in [-0.2, -0.15) is 0 Å². The summed E-state index contributed by atoms with van der Waals surface area (Å²) in [5.74, 6) is -0.251. The SMILES string of the molecule is Cc1ccc(F)c(C(=O)NC2CNCC(C)C2)c1. The standard InChI is InChI=1S/C14H19FN2O/c1-9-3-4-13(15)12(6-9)14(18)17-11-5-10(2)7-16-8-11/h3-4,6,10-11,16H,5,7-8H2,1-2H3,(H,17,18). The van der Waals surface area contributed by atoms with E-state index in [1.807, 2.05) is 6.92 Å². The number of amides is 1. The van der Waals surface area contributed by atoms with Crippen LogP contribution in [0, 0.1) is 18.7 Å². The third kappa shape index (κ3) is 3.07. The van der Waals surface area contributed by atoms with Crippen molar-refractivity contribution in [3.8, 4) is 0 Å². The summed E-state index contributed by atoms with van der Waals surface area (Å²) >= 11 is 0. The number of hydrogen-bond donors (Lipinski definition) is 2. The molecule has 0 bridgehead atoms. The Morgan fingerprint density at radius 3 is 2.94 bits per heavy atom. The van der Waals surface area contributed by atoms with Gasteiger partial charge in [0.1, 0.15) is 5.82 Å².